The number of hydrogen-bond acceptors (Lipinski definition) is 2. The molecule has 1 N–H and O–H groups in total. The van der Waals surface area contributed by atoms with Gasteiger partial charge in [0.25, 0.3) is 0 Å². The van der Waals surface area contributed by atoms with Crippen molar-refractivity contribution in [1.29, 1.82) is 0 Å². The molecular formula is C17H26O2. The molecule has 0 aromatic heterocycles. The fourth-order valence-electron chi connectivity index (χ4n) is 2.89. The lowest BCUT2D eigenvalue weighted by molar-refractivity contribution is -0.0380. The second-order valence-electron chi connectivity index (χ2n) is 5.66. The average Bonchev–Trinajstić information content (AvgIpc) is 2.37. The highest BCUT2D eigenvalue weighted by atomic mass is 16.5. The fourth-order valence-corrected chi connectivity index (χ4v) is 2.89. The van der Waals surface area contributed by atoms with E-state index in [1.807, 2.05) is 6.92 Å². The van der Waals surface area contributed by atoms with Gasteiger partial charge in [0.1, 0.15) is 0 Å². The van der Waals surface area contributed by atoms with Crippen molar-refractivity contribution < 1.29 is 9.84 Å². The summed E-state index contributed by atoms with van der Waals surface area (Å²) >= 11 is 0. The molecule has 0 heterocycles. The quantitative estimate of drug-likeness (QED) is 0.808. The van der Waals surface area contributed by atoms with Gasteiger partial charge in [0.2, 0.25) is 0 Å². The van der Waals surface area contributed by atoms with Crippen molar-refractivity contribution in [3.63, 3.8) is 0 Å². The molecule has 0 saturated heterocycles. The van der Waals surface area contributed by atoms with Gasteiger partial charge in [-0.25, -0.2) is 0 Å². The first-order valence-electron chi connectivity index (χ1n) is 7.61. The van der Waals surface area contributed by atoms with E-state index in [9.17, 15) is 5.11 Å². The Balaban J connectivity index is 1.78. The largest absolute Gasteiger partial charge is 0.388 e. The number of benzene rings is 1. The van der Waals surface area contributed by atoms with Gasteiger partial charge in [0.15, 0.2) is 0 Å². The molecule has 2 rings (SSSR count). The highest BCUT2D eigenvalue weighted by molar-refractivity contribution is 5.24. The molecule has 0 bridgehead atoms. The van der Waals surface area contributed by atoms with Gasteiger partial charge >= 0.3 is 0 Å². The number of aliphatic hydroxyl groups excluding tert-OH is 1. The maximum Gasteiger partial charge on any atom is 0.0792 e. The van der Waals surface area contributed by atoms with Gasteiger partial charge in [-0.05, 0) is 49.7 Å². The highest BCUT2D eigenvalue weighted by Gasteiger charge is 2.31. The second kappa shape index (κ2) is 7.06. The Kier molecular flexibility index (Phi) is 5.41. The summed E-state index contributed by atoms with van der Waals surface area (Å²) in [5.74, 6) is 0.627. The smallest absolute Gasteiger partial charge is 0.0792 e. The highest BCUT2D eigenvalue weighted by Crippen LogP contribution is 2.36. The van der Waals surface area contributed by atoms with Crippen molar-refractivity contribution in [2.45, 2.75) is 58.2 Å². The van der Waals surface area contributed by atoms with Crippen LogP contribution in [0.5, 0.6) is 0 Å². The van der Waals surface area contributed by atoms with Gasteiger partial charge in [-0.2, -0.15) is 0 Å². The van der Waals surface area contributed by atoms with Crippen LogP contribution in [0.15, 0.2) is 24.3 Å². The number of hydrogen-bond donors (Lipinski definition) is 1. The van der Waals surface area contributed by atoms with Gasteiger partial charge in [0, 0.05) is 6.61 Å². The summed E-state index contributed by atoms with van der Waals surface area (Å²) in [4.78, 5) is 0. The Hall–Kier alpha value is -0.860. The third kappa shape index (κ3) is 4.05. The average molecular weight is 262 g/mol. The lowest BCUT2D eigenvalue weighted by atomic mass is 9.78. The molecule has 19 heavy (non-hydrogen) atoms. The molecule has 1 atom stereocenters. The molecule has 0 spiro atoms. The van der Waals surface area contributed by atoms with E-state index in [1.165, 1.54) is 12.0 Å². The minimum atomic E-state index is -0.316. The van der Waals surface area contributed by atoms with E-state index in [1.54, 1.807) is 0 Å². The van der Waals surface area contributed by atoms with Crippen LogP contribution in [0.1, 0.15) is 56.8 Å². The van der Waals surface area contributed by atoms with Crippen LogP contribution in [-0.2, 0) is 11.2 Å². The summed E-state index contributed by atoms with van der Waals surface area (Å²) in [6.45, 7) is 5.03. The molecule has 1 fully saturated rings. The summed E-state index contributed by atoms with van der Waals surface area (Å²) in [5, 5.41) is 10.3. The van der Waals surface area contributed by atoms with Crippen LogP contribution >= 0.6 is 0 Å². The molecule has 1 aromatic rings. The topological polar surface area (TPSA) is 29.5 Å². The zero-order valence-electron chi connectivity index (χ0n) is 12.1. The van der Waals surface area contributed by atoms with Crippen LogP contribution in [0, 0.1) is 5.92 Å². The van der Waals surface area contributed by atoms with E-state index >= 15 is 0 Å². The SMILES string of the molecule is CCCc1ccc(C(O)CC2CC(OCC)C2)cc1. The summed E-state index contributed by atoms with van der Waals surface area (Å²) in [5.41, 5.74) is 2.42. The molecule has 106 valence electrons. The van der Waals surface area contributed by atoms with Crippen LogP contribution in [0.2, 0.25) is 0 Å². The molecule has 0 amide bonds. The Bertz CT molecular complexity index is 365. The predicted octanol–water partition coefficient (Wildman–Crippen LogP) is 3.88. The van der Waals surface area contributed by atoms with Gasteiger partial charge < -0.3 is 9.84 Å². The predicted molar refractivity (Wildman–Crippen MR) is 78.2 cm³/mol. The lowest BCUT2D eigenvalue weighted by Gasteiger charge is -2.36. The lowest BCUT2D eigenvalue weighted by Crippen LogP contribution is -2.32. The monoisotopic (exact) mass is 262 g/mol. The maximum atomic E-state index is 10.3. The zero-order valence-corrected chi connectivity index (χ0v) is 12.1. The molecular weight excluding hydrogens is 236 g/mol. The standard InChI is InChI=1S/C17H26O2/c1-3-5-13-6-8-15(9-7-13)17(18)12-14-10-16(11-14)19-4-2/h6-9,14,16-18H,3-5,10-12H2,1-2H3. The first-order valence-corrected chi connectivity index (χ1v) is 7.61. The summed E-state index contributed by atoms with van der Waals surface area (Å²) in [7, 11) is 0. The van der Waals surface area contributed by atoms with Crippen molar-refractivity contribution in [1.82, 2.24) is 0 Å². The molecule has 1 aliphatic rings. The van der Waals surface area contributed by atoms with Gasteiger partial charge in [-0.1, -0.05) is 37.6 Å². The fraction of sp³-hybridized carbons (Fsp3) is 0.647. The molecule has 2 heteroatoms. The maximum absolute atomic E-state index is 10.3. The van der Waals surface area contributed by atoms with Crippen molar-refractivity contribution in [2.24, 2.45) is 5.92 Å². The normalized spacial score (nSPS) is 23.9. The first kappa shape index (κ1) is 14.5. The van der Waals surface area contributed by atoms with E-state index in [0.717, 1.165) is 37.9 Å². The number of rotatable bonds is 7. The van der Waals surface area contributed by atoms with Crippen LogP contribution in [0.25, 0.3) is 0 Å². The molecule has 1 aromatic carbocycles. The van der Waals surface area contributed by atoms with E-state index in [2.05, 4.69) is 31.2 Å². The Labute approximate surface area is 116 Å². The van der Waals surface area contributed by atoms with Crippen LogP contribution in [0.4, 0.5) is 0 Å². The molecule has 2 nitrogen and oxygen atoms in total. The first-order chi connectivity index (χ1) is 9.22. The van der Waals surface area contributed by atoms with Crippen LogP contribution in [-0.4, -0.2) is 17.8 Å². The number of aliphatic hydroxyl groups is 1. The Morgan fingerprint density at radius 2 is 1.89 bits per heavy atom. The van der Waals surface area contributed by atoms with Crippen molar-refractivity contribution >= 4 is 0 Å². The molecule has 0 aliphatic heterocycles. The molecule has 0 radical (unpaired) electrons. The second-order valence-corrected chi connectivity index (χ2v) is 5.66. The van der Waals surface area contributed by atoms with Crippen LogP contribution in [0.3, 0.4) is 0 Å². The van der Waals surface area contributed by atoms with E-state index in [0.29, 0.717) is 12.0 Å². The zero-order chi connectivity index (χ0) is 13.7. The molecule has 1 unspecified atom stereocenters. The summed E-state index contributed by atoms with van der Waals surface area (Å²) in [6.07, 6.45) is 5.50. The van der Waals surface area contributed by atoms with Gasteiger partial charge in [-0.15, -0.1) is 0 Å². The van der Waals surface area contributed by atoms with Crippen molar-refractivity contribution in [2.75, 3.05) is 6.61 Å². The third-order valence-electron chi connectivity index (χ3n) is 4.05. The number of aryl methyl sites for hydroxylation is 1. The Morgan fingerprint density at radius 3 is 2.47 bits per heavy atom. The van der Waals surface area contributed by atoms with Crippen molar-refractivity contribution in [3.8, 4) is 0 Å². The minimum Gasteiger partial charge on any atom is -0.388 e. The minimum absolute atomic E-state index is 0.316. The van der Waals surface area contributed by atoms with Crippen molar-refractivity contribution in [3.05, 3.63) is 35.4 Å². The van der Waals surface area contributed by atoms with Crippen LogP contribution < -0.4 is 0 Å². The van der Waals surface area contributed by atoms with Gasteiger partial charge in [-0.3, -0.25) is 0 Å². The third-order valence-corrected chi connectivity index (χ3v) is 4.05. The Morgan fingerprint density at radius 1 is 1.21 bits per heavy atom. The summed E-state index contributed by atoms with van der Waals surface area (Å²) in [6, 6.07) is 8.44. The van der Waals surface area contributed by atoms with E-state index in [-0.39, 0.29) is 6.10 Å². The van der Waals surface area contributed by atoms with Gasteiger partial charge in [0.05, 0.1) is 12.2 Å². The van der Waals surface area contributed by atoms with E-state index in [4.69, 9.17) is 4.74 Å². The van der Waals surface area contributed by atoms with E-state index < -0.39 is 0 Å². The molecule has 1 saturated carbocycles. The number of ether oxygens (including phenoxy) is 1. The summed E-state index contributed by atoms with van der Waals surface area (Å²) < 4.78 is 5.56. The molecule has 1 aliphatic carbocycles.